The predicted octanol–water partition coefficient (Wildman–Crippen LogP) is 3.43. The summed E-state index contributed by atoms with van der Waals surface area (Å²) in [5.41, 5.74) is 3.47. The number of pyridine rings is 1. The lowest BCUT2D eigenvalue weighted by Gasteiger charge is -2.26. The van der Waals surface area contributed by atoms with Crippen molar-refractivity contribution >= 4 is 22.6 Å². The van der Waals surface area contributed by atoms with E-state index < -0.39 is 13.0 Å². The second kappa shape index (κ2) is 7.84. The number of halogens is 2. The highest BCUT2D eigenvalue weighted by Crippen LogP contribution is 2.28. The molecule has 162 valence electrons. The first kappa shape index (κ1) is 19.8. The number of rotatable bonds is 5. The maximum Gasteiger partial charge on any atom is 0.256 e. The Morgan fingerprint density at radius 3 is 2.74 bits per heavy atom. The van der Waals surface area contributed by atoms with Crippen LogP contribution in [0.15, 0.2) is 30.7 Å². The summed E-state index contributed by atoms with van der Waals surface area (Å²) in [6.07, 6.45) is 5.93. The number of aliphatic hydroxyl groups excluding tert-OH is 1. The van der Waals surface area contributed by atoms with Gasteiger partial charge in [-0.3, -0.25) is 0 Å². The third-order valence-electron chi connectivity index (χ3n) is 5.87. The molecule has 31 heavy (non-hydrogen) atoms. The van der Waals surface area contributed by atoms with Crippen molar-refractivity contribution in [3.8, 4) is 11.1 Å². The fourth-order valence-electron chi connectivity index (χ4n) is 4.25. The number of imidazole rings is 1. The maximum absolute atomic E-state index is 13.0. The van der Waals surface area contributed by atoms with Crippen LogP contribution in [0.25, 0.3) is 27.8 Å². The first-order chi connectivity index (χ1) is 15.0. The van der Waals surface area contributed by atoms with Crippen molar-refractivity contribution in [1.29, 1.82) is 0 Å². The minimum Gasteiger partial charge on any atom is -0.393 e. The molecule has 0 amide bonds. The van der Waals surface area contributed by atoms with Crippen molar-refractivity contribution in [2.24, 2.45) is 0 Å². The lowest BCUT2D eigenvalue weighted by molar-refractivity contribution is 0.125. The smallest absolute Gasteiger partial charge is 0.256 e. The van der Waals surface area contributed by atoms with E-state index in [-0.39, 0.29) is 12.1 Å². The molecule has 10 heteroatoms. The van der Waals surface area contributed by atoms with Crippen molar-refractivity contribution in [3.63, 3.8) is 0 Å². The number of hydrogen-bond acceptors (Lipinski definition) is 6. The van der Waals surface area contributed by atoms with E-state index in [0.717, 1.165) is 42.3 Å². The molecule has 4 heterocycles. The zero-order valence-electron chi connectivity index (χ0n) is 17.0. The van der Waals surface area contributed by atoms with E-state index in [0.29, 0.717) is 22.9 Å². The van der Waals surface area contributed by atoms with Crippen molar-refractivity contribution in [2.75, 3.05) is 5.32 Å². The van der Waals surface area contributed by atoms with Gasteiger partial charge in [-0.1, -0.05) is 0 Å². The molecule has 0 bridgehead atoms. The topological polar surface area (TPSA) is 93.2 Å². The van der Waals surface area contributed by atoms with Gasteiger partial charge in [0, 0.05) is 29.6 Å². The summed E-state index contributed by atoms with van der Waals surface area (Å²) in [6.45, 7) is 1.28. The van der Waals surface area contributed by atoms with Gasteiger partial charge in [-0.25, -0.2) is 28.2 Å². The van der Waals surface area contributed by atoms with Gasteiger partial charge in [-0.15, -0.1) is 5.10 Å². The average molecular weight is 427 g/mol. The summed E-state index contributed by atoms with van der Waals surface area (Å²) in [7, 11) is 0. The van der Waals surface area contributed by atoms with E-state index in [4.69, 9.17) is 0 Å². The Labute approximate surface area is 177 Å². The number of fused-ring (bicyclic) bond motifs is 2. The molecule has 1 saturated carbocycles. The first-order valence-corrected chi connectivity index (χ1v) is 10.4. The SMILES string of the molecule is Cc1nc2ncc(-c3ccn4nc(N[C@H]5CC[C@@H](O)CC5)ncc34)cc2n1CC(F)F. The van der Waals surface area contributed by atoms with Crippen LogP contribution in [0, 0.1) is 6.92 Å². The quantitative estimate of drug-likeness (QED) is 0.507. The fourth-order valence-corrected chi connectivity index (χ4v) is 4.25. The van der Waals surface area contributed by atoms with Gasteiger partial charge in [0.05, 0.1) is 29.9 Å². The number of nitrogens with one attached hydrogen (secondary N) is 1. The number of hydrogen-bond donors (Lipinski definition) is 2. The number of anilines is 1. The molecule has 0 unspecified atom stereocenters. The summed E-state index contributed by atoms with van der Waals surface area (Å²) < 4.78 is 29.3. The summed E-state index contributed by atoms with van der Waals surface area (Å²) in [6, 6.07) is 3.99. The molecular formula is C21H23F2N7O. The summed E-state index contributed by atoms with van der Waals surface area (Å²) in [5, 5.41) is 17.6. The van der Waals surface area contributed by atoms with E-state index in [2.05, 4.69) is 25.4 Å². The molecule has 0 spiro atoms. The van der Waals surface area contributed by atoms with Crippen LogP contribution in [0.5, 0.6) is 0 Å². The third kappa shape index (κ3) is 3.83. The number of nitrogens with zero attached hydrogens (tertiary/aromatic N) is 6. The number of aliphatic hydroxyl groups is 1. The zero-order valence-corrected chi connectivity index (χ0v) is 17.0. The Hall–Kier alpha value is -3.14. The summed E-state index contributed by atoms with van der Waals surface area (Å²) >= 11 is 0. The van der Waals surface area contributed by atoms with E-state index in [9.17, 15) is 13.9 Å². The molecule has 0 atom stereocenters. The molecule has 1 aliphatic rings. The molecule has 4 aromatic heterocycles. The normalized spacial score (nSPS) is 19.5. The van der Waals surface area contributed by atoms with Gasteiger partial charge in [-0.05, 0) is 44.7 Å². The molecule has 1 fully saturated rings. The van der Waals surface area contributed by atoms with E-state index in [1.807, 2.05) is 18.3 Å². The van der Waals surface area contributed by atoms with Crippen LogP contribution in [-0.2, 0) is 6.54 Å². The molecule has 0 aliphatic heterocycles. The Bertz CT molecular complexity index is 1230. The minimum absolute atomic E-state index is 0.208. The van der Waals surface area contributed by atoms with Gasteiger partial charge >= 0.3 is 0 Å². The Morgan fingerprint density at radius 2 is 1.97 bits per heavy atom. The molecule has 5 rings (SSSR count). The minimum atomic E-state index is -2.47. The van der Waals surface area contributed by atoms with Gasteiger partial charge in [-0.2, -0.15) is 0 Å². The number of aromatic nitrogens is 6. The second-order valence-corrected chi connectivity index (χ2v) is 8.02. The van der Waals surface area contributed by atoms with Gasteiger partial charge in [0.15, 0.2) is 5.65 Å². The molecule has 1 aliphatic carbocycles. The Balaban J connectivity index is 1.45. The molecule has 0 aromatic carbocycles. The van der Waals surface area contributed by atoms with E-state index in [1.165, 1.54) is 4.57 Å². The fraction of sp³-hybridized carbons (Fsp3) is 0.429. The highest BCUT2D eigenvalue weighted by Gasteiger charge is 2.20. The highest BCUT2D eigenvalue weighted by atomic mass is 19.3. The monoisotopic (exact) mass is 427 g/mol. The van der Waals surface area contributed by atoms with Crippen molar-refractivity contribution < 1.29 is 13.9 Å². The summed E-state index contributed by atoms with van der Waals surface area (Å²) in [4.78, 5) is 13.1. The lowest BCUT2D eigenvalue weighted by atomic mass is 9.93. The molecule has 8 nitrogen and oxygen atoms in total. The standard InChI is InChI=1S/C21H23F2N7O/c1-12-26-20-17(29(12)11-19(22)23)8-13(9-24-20)16-6-7-30-18(16)10-25-21(28-30)27-14-2-4-15(31)5-3-14/h6-10,14-15,19,31H,2-5,11H2,1H3,(H,27,28)/t14-,15+. The van der Waals surface area contributed by atoms with Crippen molar-refractivity contribution in [1.82, 2.24) is 29.1 Å². The summed E-state index contributed by atoms with van der Waals surface area (Å²) in [5.74, 6) is 1.05. The second-order valence-electron chi connectivity index (χ2n) is 8.02. The van der Waals surface area contributed by atoms with Crippen molar-refractivity contribution in [3.05, 3.63) is 36.5 Å². The molecule has 2 N–H and O–H groups in total. The lowest BCUT2D eigenvalue weighted by Crippen LogP contribution is -2.29. The highest BCUT2D eigenvalue weighted by molar-refractivity contribution is 5.85. The largest absolute Gasteiger partial charge is 0.393 e. The zero-order chi connectivity index (χ0) is 21.5. The van der Waals surface area contributed by atoms with Crippen LogP contribution < -0.4 is 5.32 Å². The van der Waals surface area contributed by atoms with Crippen LogP contribution in [-0.4, -0.2) is 52.8 Å². The number of alkyl halides is 2. The molecule has 0 radical (unpaired) electrons. The van der Waals surface area contributed by atoms with Crippen LogP contribution in [0.3, 0.4) is 0 Å². The van der Waals surface area contributed by atoms with Crippen LogP contribution >= 0.6 is 0 Å². The van der Waals surface area contributed by atoms with Gasteiger partial charge in [0.25, 0.3) is 6.43 Å². The average Bonchev–Trinajstić information content (AvgIpc) is 3.30. The Morgan fingerprint density at radius 1 is 1.16 bits per heavy atom. The Kier molecular flexibility index (Phi) is 5.01. The van der Waals surface area contributed by atoms with Gasteiger partial charge in [0.2, 0.25) is 5.95 Å². The van der Waals surface area contributed by atoms with Crippen LogP contribution in [0.1, 0.15) is 31.5 Å². The van der Waals surface area contributed by atoms with E-state index in [1.54, 1.807) is 23.8 Å². The number of aryl methyl sites for hydroxylation is 1. The molecule has 0 saturated heterocycles. The molecule has 4 aromatic rings. The van der Waals surface area contributed by atoms with Crippen molar-refractivity contribution in [2.45, 2.75) is 57.7 Å². The predicted molar refractivity (Wildman–Crippen MR) is 112 cm³/mol. The maximum atomic E-state index is 13.0. The van der Waals surface area contributed by atoms with Gasteiger partial charge < -0.3 is 15.0 Å². The van der Waals surface area contributed by atoms with Gasteiger partial charge in [0.1, 0.15) is 5.82 Å². The third-order valence-corrected chi connectivity index (χ3v) is 5.87. The van der Waals surface area contributed by atoms with E-state index >= 15 is 0 Å². The van der Waals surface area contributed by atoms with Crippen LogP contribution in [0.2, 0.25) is 0 Å². The van der Waals surface area contributed by atoms with Crippen LogP contribution in [0.4, 0.5) is 14.7 Å². The first-order valence-electron chi connectivity index (χ1n) is 10.4. The molecular weight excluding hydrogens is 404 g/mol.